The number of nitrogen functional groups attached to an aromatic ring is 1. The Bertz CT molecular complexity index is 502. The Morgan fingerprint density at radius 1 is 1.25 bits per heavy atom. The highest BCUT2D eigenvalue weighted by molar-refractivity contribution is 5.85. The standard InChI is InChI=1S/C19H30N2O2.ClH/c1-2-14-23-19(12-6-3-7-13-19)15-21-18(22)11-10-16-8-4-5-9-17(16)20;/h4-5,8-9H,2-3,6-7,10-15,20H2,1H3,(H,21,22);1H. The van der Waals surface area contributed by atoms with Gasteiger partial charge in [-0.1, -0.05) is 44.4 Å². The molecular formula is C19H31ClN2O2. The molecule has 1 aromatic rings. The molecule has 1 aliphatic rings. The van der Waals surface area contributed by atoms with E-state index in [4.69, 9.17) is 10.5 Å². The van der Waals surface area contributed by atoms with Gasteiger partial charge in [0, 0.05) is 25.3 Å². The molecule has 5 heteroatoms. The van der Waals surface area contributed by atoms with Crippen molar-refractivity contribution >= 4 is 24.0 Å². The molecule has 136 valence electrons. The van der Waals surface area contributed by atoms with Crippen molar-refractivity contribution in [2.45, 2.75) is 63.9 Å². The second-order valence-electron chi connectivity index (χ2n) is 6.57. The van der Waals surface area contributed by atoms with Crippen LogP contribution in [0.5, 0.6) is 0 Å². The van der Waals surface area contributed by atoms with Crippen LogP contribution in [0.15, 0.2) is 24.3 Å². The van der Waals surface area contributed by atoms with Crippen molar-refractivity contribution in [2.75, 3.05) is 18.9 Å². The van der Waals surface area contributed by atoms with Crippen LogP contribution in [0.2, 0.25) is 0 Å². The molecule has 0 atom stereocenters. The maximum Gasteiger partial charge on any atom is 0.220 e. The number of aryl methyl sites for hydroxylation is 1. The van der Waals surface area contributed by atoms with Crippen LogP contribution in [0.1, 0.15) is 57.4 Å². The number of rotatable bonds is 8. The Hall–Kier alpha value is -1.26. The lowest BCUT2D eigenvalue weighted by molar-refractivity contribution is -0.124. The van der Waals surface area contributed by atoms with Crippen LogP contribution < -0.4 is 11.1 Å². The van der Waals surface area contributed by atoms with Crippen molar-refractivity contribution in [3.63, 3.8) is 0 Å². The second-order valence-corrected chi connectivity index (χ2v) is 6.57. The SMILES string of the molecule is CCCOC1(CNC(=O)CCc2ccccc2N)CCCCC1.Cl. The molecular weight excluding hydrogens is 324 g/mol. The molecule has 0 unspecified atom stereocenters. The predicted molar refractivity (Wildman–Crippen MR) is 101 cm³/mol. The molecule has 0 saturated heterocycles. The fraction of sp³-hybridized carbons (Fsp3) is 0.632. The summed E-state index contributed by atoms with van der Waals surface area (Å²) < 4.78 is 6.12. The number of benzene rings is 1. The van der Waals surface area contributed by atoms with Gasteiger partial charge in [-0.3, -0.25) is 4.79 Å². The summed E-state index contributed by atoms with van der Waals surface area (Å²) in [6, 6.07) is 7.73. The normalized spacial score (nSPS) is 16.2. The van der Waals surface area contributed by atoms with Gasteiger partial charge in [0.05, 0.1) is 5.60 Å². The van der Waals surface area contributed by atoms with Gasteiger partial charge in [0.1, 0.15) is 0 Å². The summed E-state index contributed by atoms with van der Waals surface area (Å²) >= 11 is 0. The van der Waals surface area contributed by atoms with Crippen molar-refractivity contribution in [1.82, 2.24) is 5.32 Å². The first-order chi connectivity index (χ1) is 11.2. The van der Waals surface area contributed by atoms with Crippen LogP contribution >= 0.6 is 12.4 Å². The number of anilines is 1. The summed E-state index contributed by atoms with van der Waals surface area (Å²) in [5.74, 6) is 0.0818. The summed E-state index contributed by atoms with van der Waals surface area (Å²) in [6.07, 6.45) is 7.94. The summed E-state index contributed by atoms with van der Waals surface area (Å²) in [4.78, 5) is 12.2. The van der Waals surface area contributed by atoms with Gasteiger partial charge in [0.15, 0.2) is 0 Å². The molecule has 0 aliphatic heterocycles. The largest absolute Gasteiger partial charge is 0.399 e. The molecule has 3 N–H and O–H groups in total. The zero-order valence-electron chi connectivity index (χ0n) is 14.7. The number of para-hydroxylation sites is 1. The van der Waals surface area contributed by atoms with E-state index in [0.29, 0.717) is 19.4 Å². The summed E-state index contributed by atoms with van der Waals surface area (Å²) in [5.41, 5.74) is 7.58. The molecule has 1 fully saturated rings. The van der Waals surface area contributed by atoms with E-state index < -0.39 is 0 Å². The number of halogens is 1. The summed E-state index contributed by atoms with van der Waals surface area (Å²) in [5, 5.41) is 3.09. The Balaban J connectivity index is 0.00000288. The number of carbonyl (C=O) groups excluding carboxylic acids is 1. The fourth-order valence-electron chi connectivity index (χ4n) is 3.24. The van der Waals surface area contributed by atoms with Gasteiger partial charge in [-0.2, -0.15) is 0 Å². The third-order valence-corrected chi connectivity index (χ3v) is 4.66. The molecule has 0 bridgehead atoms. The monoisotopic (exact) mass is 354 g/mol. The van der Waals surface area contributed by atoms with Crippen LogP contribution in [0.3, 0.4) is 0 Å². The van der Waals surface area contributed by atoms with Gasteiger partial charge in [0.2, 0.25) is 5.91 Å². The average molecular weight is 355 g/mol. The van der Waals surface area contributed by atoms with Crippen molar-refractivity contribution in [1.29, 1.82) is 0 Å². The van der Waals surface area contributed by atoms with Crippen molar-refractivity contribution < 1.29 is 9.53 Å². The van der Waals surface area contributed by atoms with E-state index >= 15 is 0 Å². The van der Waals surface area contributed by atoms with Crippen LogP contribution in [0.4, 0.5) is 5.69 Å². The molecule has 24 heavy (non-hydrogen) atoms. The maximum atomic E-state index is 12.2. The van der Waals surface area contributed by atoms with Crippen LogP contribution in [0, 0.1) is 0 Å². The number of carbonyl (C=O) groups is 1. The lowest BCUT2D eigenvalue weighted by Gasteiger charge is -2.37. The Labute approximate surface area is 151 Å². The Kier molecular flexibility index (Phi) is 9.16. The average Bonchev–Trinajstić information content (AvgIpc) is 2.58. The van der Waals surface area contributed by atoms with Gasteiger partial charge in [-0.05, 0) is 37.3 Å². The highest BCUT2D eigenvalue weighted by atomic mass is 35.5. The minimum Gasteiger partial charge on any atom is -0.399 e. The van der Waals surface area contributed by atoms with Crippen molar-refractivity contribution in [2.24, 2.45) is 0 Å². The van der Waals surface area contributed by atoms with Crippen LogP contribution in [-0.4, -0.2) is 24.7 Å². The van der Waals surface area contributed by atoms with E-state index in [-0.39, 0.29) is 23.9 Å². The summed E-state index contributed by atoms with van der Waals surface area (Å²) in [7, 11) is 0. The second kappa shape index (κ2) is 10.6. The highest BCUT2D eigenvalue weighted by Gasteiger charge is 2.33. The molecule has 0 spiro atoms. The Morgan fingerprint density at radius 2 is 1.96 bits per heavy atom. The third kappa shape index (κ3) is 6.33. The number of hydrogen-bond acceptors (Lipinski definition) is 3. The first kappa shape index (κ1) is 20.8. The van der Waals surface area contributed by atoms with Crippen molar-refractivity contribution in [3.05, 3.63) is 29.8 Å². The van der Waals surface area contributed by atoms with Crippen LogP contribution in [0.25, 0.3) is 0 Å². The number of ether oxygens (including phenoxy) is 1. The molecule has 0 aromatic heterocycles. The predicted octanol–water partition coefficient (Wildman–Crippen LogP) is 3.87. The van der Waals surface area contributed by atoms with E-state index in [1.54, 1.807) is 0 Å². The van der Waals surface area contributed by atoms with Crippen LogP contribution in [-0.2, 0) is 16.0 Å². The van der Waals surface area contributed by atoms with E-state index in [9.17, 15) is 4.79 Å². The molecule has 0 heterocycles. The summed E-state index contributed by atoms with van der Waals surface area (Å²) in [6.45, 7) is 3.53. The first-order valence-corrected chi connectivity index (χ1v) is 8.89. The van der Waals surface area contributed by atoms with E-state index in [1.165, 1.54) is 19.3 Å². The molecule has 1 saturated carbocycles. The maximum absolute atomic E-state index is 12.2. The van der Waals surface area contributed by atoms with Gasteiger partial charge in [-0.15, -0.1) is 12.4 Å². The number of nitrogens with one attached hydrogen (secondary N) is 1. The van der Waals surface area contributed by atoms with Gasteiger partial charge < -0.3 is 15.8 Å². The molecule has 4 nitrogen and oxygen atoms in total. The highest BCUT2D eigenvalue weighted by Crippen LogP contribution is 2.31. The molecule has 1 aliphatic carbocycles. The van der Waals surface area contributed by atoms with Gasteiger partial charge in [0.25, 0.3) is 0 Å². The lowest BCUT2D eigenvalue weighted by Crippen LogP contribution is -2.46. The number of amides is 1. The van der Waals surface area contributed by atoms with Gasteiger partial charge in [-0.25, -0.2) is 0 Å². The topological polar surface area (TPSA) is 64.3 Å². The molecule has 0 radical (unpaired) electrons. The molecule has 1 aromatic carbocycles. The van der Waals surface area contributed by atoms with Crippen molar-refractivity contribution in [3.8, 4) is 0 Å². The zero-order chi connectivity index (χ0) is 16.5. The fourth-order valence-corrected chi connectivity index (χ4v) is 3.24. The van der Waals surface area contributed by atoms with E-state index in [2.05, 4.69) is 12.2 Å². The molecule has 2 rings (SSSR count). The smallest absolute Gasteiger partial charge is 0.220 e. The van der Waals surface area contributed by atoms with E-state index in [1.807, 2.05) is 24.3 Å². The molecule has 1 amide bonds. The van der Waals surface area contributed by atoms with E-state index in [0.717, 1.165) is 37.1 Å². The quantitative estimate of drug-likeness (QED) is 0.696. The third-order valence-electron chi connectivity index (χ3n) is 4.66. The minimum atomic E-state index is -0.143. The van der Waals surface area contributed by atoms with Gasteiger partial charge >= 0.3 is 0 Å². The number of hydrogen-bond donors (Lipinski definition) is 2. The lowest BCUT2D eigenvalue weighted by atomic mass is 9.84. The zero-order valence-corrected chi connectivity index (χ0v) is 15.5. The number of nitrogens with two attached hydrogens (primary N) is 1. The first-order valence-electron chi connectivity index (χ1n) is 8.89. The Morgan fingerprint density at radius 3 is 2.62 bits per heavy atom. The minimum absolute atomic E-state index is 0.